The maximum atomic E-state index is 11.5. The maximum Gasteiger partial charge on any atom is 0.223 e. The van der Waals surface area contributed by atoms with E-state index < -0.39 is 0 Å². The number of rotatable bonds is 7. The second-order valence-electron chi connectivity index (χ2n) is 6.48. The molecule has 0 aromatic rings. The number of carbonyl (C=O) groups is 1. The van der Waals surface area contributed by atoms with E-state index in [0.29, 0.717) is 12.5 Å². The highest BCUT2D eigenvalue weighted by Gasteiger charge is 2.28. The molecule has 1 heterocycles. The Morgan fingerprint density at radius 2 is 1.91 bits per heavy atom. The molecule has 1 unspecified atom stereocenters. The second-order valence-corrected chi connectivity index (χ2v) is 6.48. The topological polar surface area (TPSA) is 68.8 Å². The van der Waals surface area contributed by atoms with Crippen LogP contribution in [-0.4, -0.2) is 63.1 Å². The van der Waals surface area contributed by atoms with Gasteiger partial charge in [0.2, 0.25) is 5.91 Å². The summed E-state index contributed by atoms with van der Waals surface area (Å²) in [6.45, 7) is 7.51. The summed E-state index contributed by atoms with van der Waals surface area (Å²) in [5.74, 6) is 2.00. The van der Waals surface area contributed by atoms with Crippen LogP contribution >= 0.6 is 24.0 Å². The number of hydrogen-bond acceptors (Lipinski definition) is 3. The summed E-state index contributed by atoms with van der Waals surface area (Å²) in [5.41, 5.74) is 0. The van der Waals surface area contributed by atoms with Gasteiger partial charge in [-0.3, -0.25) is 9.79 Å². The van der Waals surface area contributed by atoms with Crippen molar-refractivity contribution in [2.24, 2.45) is 16.8 Å². The minimum Gasteiger partial charge on any atom is -0.357 e. The van der Waals surface area contributed by atoms with Gasteiger partial charge in [0.05, 0.1) is 0 Å². The number of amides is 1. The van der Waals surface area contributed by atoms with Crippen molar-refractivity contribution in [2.45, 2.75) is 32.6 Å². The predicted octanol–water partition coefficient (Wildman–Crippen LogP) is 1.03. The third kappa shape index (κ3) is 8.19. The van der Waals surface area contributed by atoms with Crippen molar-refractivity contribution >= 4 is 35.8 Å². The highest BCUT2D eigenvalue weighted by molar-refractivity contribution is 14.0. The van der Waals surface area contributed by atoms with Gasteiger partial charge in [-0.2, -0.15) is 0 Å². The Labute approximate surface area is 157 Å². The molecule has 1 aliphatic heterocycles. The van der Waals surface area contributed by atoms with E-state index in [1.165, 1.54) is 19.4 Å². The molecule has 7 heteroatoms. The first-order valence-corrected chi connectivity index (χ1v) is 8.67. The molecule has 0 bridgehead atoms. The van der Waals surface area contributed by atoms with Crippen LogP contribution in [0.1, 0.15) is 32.6 Å². The standard InChI is InChI=1S/C16H31N5O.HI/c1-3-17-16(19-9-8-18-15(22)14-6-7-14)20-11-13-5-4-10-21(2)12-13;/h13-14H,3-12H2,1-2H3,(H,18,22)(H2,17,19,20);1H. The molecule has 2 rings (SSSR count). The Bertz CT molecular complexity index is 387. The summed E-state index contributed by atoms with van der Waals surface area (Å²) in [5, 5.41) is 9.53. The van der Waals surface area contributed by atoms with Gasteiger partial charge in [-0.15, -0.1) is 24.0 Å². The quantitative estimate of drug-likeness (QED) is 0.241. The molecule has 23 heavy (non-hydrogen) atoms. The van der Waals surface area contributed by atoms with Crippen LogP contribution in [0.25, 0.3) is 0 Å². The molecule has 0 spiro atoms. The van der Waals surface area contributed by atoms with Gasteiger partial charge in [-0.1, -0.05) is 0 Å². The lowest BCUT2D eigenvalue weighted by molar-refractivity contribution is -0.122. The highest BCUT2D eigenvalue weighted by atomic mass is 127. The molecule has 1 saturated heterocycles. The molecular formula is C16H32IN5O. The van der Waals surface area contributed by atoms with E-state index in [1.807, 2.05) is 0 Å². The number of nitrogens with zero attached hydrogens (tertiary/aromatic N) is 2. The molecule has 0 radical (unpaired) electrons. The zero-order valence-corrected chi connectivity index (χ0v) is 16.8. The molecule has 0 aromatic carbocycles. The third-order valence-corrected chi connectivity index (χ3v) is 4.24. The smallest absolute Gasteiger partial charge is 0.223 e. The van der Waals surface area contributed by atoms with Gasteiger partial charge in [-0.05, 0) is 52.1 Å². The van der Waals surface area contributed by atoms with Gasteiger partial charge < -0.3 is 20.9 Å². The lowest BCUT2D eigenvalue weighted by atomic mass is 9.99. The molecule has 6 nitrogen and oxygen atoms in total. The van der Waals surface area contributed by atoms with Crippen molar-refractivity contribution in [3.05, 3.63) is 0 Å². The first-order valence-electron chi connectivity index (χ1n) is 8.67. The SMILES string of the molecule is CCNC(=NCC1CCCN(C)C1)NCCNC(=O)C1CC1.I. The van der Waals surface area contributed by atoms with Crippen LogP contribution in [0.15, 0.2) is 4.99 Å². The summed E-state index contributed by atoms with van der Waals surface area (Å²) in [4.78, 5) is 18.6. The van der Waals surface area contributed by atoms with Gasteiger partial charge in [0.25, 0.3) is 0 Å². The Morgan fingerprint density at radius 1 is 1.17 bits per heavy atom. The molecule has 3 N–H and O–H groups in total. The number of likely N-dealkylation sites (tertiary alicyclic amines) is 1. The molecule has 134 valence electrons. The van der Waals surface area contributed by atoms with Crippen LogP contribution in [0.2, 0.25) is 0 Å². The van der Waals surface area contributed by atoms with E-state index in [9.17, 15) is 4.79 Å². The second kappa shape index (κ2) is 11.1. The lowest BCUT2D eigenvalue weighted by Gasteiger charge is -2.28. The number of carbonyl (C=O) groups excluding carboxylic acids is 1. The van der Waals surface area contributed by atoms with Crippen LogP contribution in [-0.2, 0) is 4.79 Å². The van der Waals surface area contributed by atoms with Crippen LogP contribution in [0, 0.1) is 11.8 Å². The van der Waals surface area contributed by atoms with Crippen LogP contribution < -0.4 is 16.0 Å². The monoisotopic (exact) mass is 437 g/mol. The highest BCUT2D eigenvalue weighted by Crippen LogP contribution is 2.28. The first kappa shape index (κ1) is 20.5. The van der Waals surface area contributed by atoms with E-state index in [0.717, 1.165) is 45.0 Å². The number of aliphatic imine (C=N–C) groups is 1. The van der Waals surface area contributed by atoms with Gasteiger partial charge in [0, 0.05) is 38.6 Å². The van der Waals surface area contributed by atoms with Crippen molar-refractivity contribution in [1.82, 2.24) is 20.9 Å². The summed E-state index contributed by atoms with van der Waals surface area (Å²) in [6.07, 6.45) is 4.65. The average molecular weight is 437 g/mol. The van der Waals surface area contributed by atoms with E-state index in [4.69, 9.17) is 4.99 Å². The van der Waals surface area contributed by atoms with Gasteiger partial charge in [-0.25, -0.2) is 0 Å². The zero-order valence-electron chi connectivity index (χ0n) is 14.4. The number of guanidine groups is 1. The van der Waals surface area contributed by atoms with Crippen LogP contribution in [0.5, 0.6) is 0 Å². The normalized spacial score (nSPS) is 22.2. The van der Waals surface area contributed by atoms with Crippen molar-refractivity contribution in [3.8, 4) is 0 Å². The first-order chi connectivity index (χ1) is 10.7. The average Bonchev–Trinajstić information content (AvgIpc) is 3.33. The van der Waals surface area contributed by atoms with E-state index in [2.05, 4.69) is 34.8 Å². The summed E-state index contributed by atoms with van der Waals surface area (Å²) in [7, 11) is 2.18. The minimum atomic E-state index is 0. The van der Waals surface area contributed by atoms with Crippen molar-refractivity contribution in [2.75, 3.05) is 46.3 Å². The molecule has 1 atom stereocenters. The fraction of sp³-hybridized carbons (Fsp3) is 0.875. The van der Waals surface area contributed by atoms with E-state index >= 15 is 0 Å². The predicted molar refractivity (Wildman–Crippen MR) is 105 cm³/mol. The number of hydrogen-bond donors (Lipinski definition) is 3. The fourth-order valence-electron chi connectivity index (χ4n) is 2.84. The van der Waals surface area contributed by atoms with Gasteiger partial charge in [0.15, 0.2) is 5.96 Å². The Hall–Kier alpha value is -0.570. The van der Waals surface area contributed by atoms with Crippen molar-refractivity contribution in [1.29, 1.82) is 0 Å². The number of nitrogens with one attached hydrogen (secondary N) is 3. The Kier molecular flexibility index (Phi) is 9.85. The third-order valence-electron chi connectivity index (χ3n) is 4.24. The molecule has 2 aliphatic rings. The summed E-state index contributed by atoms with van der Waals surface area (Å²) < 4.78 is 0. The number of piperidine rings is 1. The molecular weight excluding hydrogens is 405 g/mol. The summed E-state index contributed by atoms with van der Waals surface area (Å²) in [6, 6.07) is 0. The molecule has 1 saturated carbocycles. The largest absolute Gasteiger partial charge is 0.357 e. The van der Waals surface area contributed by atoms with E-state index in [-0.39, 0.29) is 35.8 Å². The van der Waals surface area contributed by atoms with E-state index in [1.54, 1.807) is 0 Å². The zero-order chi connectivity index (χ0) is 15.8. The summed E-state index contributed by atoms with van der Waals surface area (Å²) >= 11 is 0. The van der Waals surface area contributed by atoms with Crippen LogP contribution in [0.4, 0.5) is 0 Å². The Balaban J connectivity index is 0.00000264. The Morgan fingerprint density at radius 3 is 2.57 bits per heavy atom. The number of halogens is 1. The molecule has 1 aliphatic carbocycles. The van der Waals surface area contributed by atoms with Gasteiger partial charge >= 0.3 is 0 Å². The lowest BCUT2D eigenvalue weighted by Crippen LogP contribution is -2.42. The molecule has 2 fully saturated rings. The van der Waals surface area contributed by atoms with Crippen molar-refractivity contribution in [3.63, 3.8) is 0 Å². The van der Waals surface area contributed by atoms with Gasteiger partial charge in [0.1, 0.15) is 0 Å². The van der Waals surface area contributed by atoms with Crippen molar-refractivity contribution < 1.29 is 4.79 Å². The van der Waals surface area contributed by atoms with Crippen LogP contribution in [0.3, 0.4) is 0 Å². The molecule has 0 aromatic heterocycles. The minimum absolute atomic E-state index is 0. The molecule has 1 amide bonds. The fourth-order valence-corrected chi connectivity index (χ4v) is 2.84. The maximum absolute atomic E-state index is 11.5.